The highest BCUT2D eigenvalue weighted by atomic mass is 35.5. The van der Waals surface area contributed by atoms with Crippen LogP contribution < -0.4 is 0 Å². The Kier molecular flexibility index (Phi) is 5.00. The average molecular weight is 334 g/mol. The smallest absolute Gasteiger partial charge is 0.247 e. The van der Waals surface area contributed by atoms with Gasteiger partial charge in [-0.15, -0.1) is 11.6 Å². The zero-order valence-corrected chi connectivity index (χ0v) is 14.7. The topological polar surface area (TPSA) is 55.2 Å². The largest absolute Gasteiger partial charge is 0.267 e. The van der Waals surface area contributed by atoms with Crippen LogP contribution in [0.15, 0.2) is 4.90 Å². The van der Waals surface area contributed by atoms with E-state index in [0.29, 0.717) is 41.2 Å². The summed E-state index contributed by atoms with van der Waals surface area (Å²) >= 11 is 5.76. The molecule has 1 aliphatic carbocycles. The van der Waals surface area contributed by atoms with Crippen LogP contribution in [0.3, 0.4) is 0 Å². The van der Waals surface area contributed by atoms with Gasteiger partial charge in [-0.2, -0.15) is 9.40 Å². The van der Waals surface area contributed by atoms with Crippen molar-refractivity contribution < 1.29 is 8.42 Å². The zero-order valence-electron chi connectivity index (χ0n) is 13.1. The molecule has 0 aromatic carbocycles. The van der Waals surface area contributed by atoms with Gasteiger partial charge in [0.1, 0.15) is 4.90 Å². The molecule has 0 bridgehead atoms. The Morgan fingerprint density at radius 2 is 2.00 bits per heavy atom. The number of aryl methyl sites for hydroxylation is 2. The molecule has 1 aliphatic rings. The van der Waals surface area contributed by atoms with E-state index in [2.05, 4.69) is 5.10 Å². The van der Waals surface area contributed by atoms with E-state index >= 15 is 0 Å². The molecule has 0 unspecified atom stereocenters. The summed E-state index contributed by atoms with van der Waals surface area (Å²) in [7, 11) is -3.48. The standard InChI is InChI=1S/C14H24ClN3O2S/c1-10(2)9-18(13-5-6-13)21(19,20)14-11(3)16-17(8-7-15)12(14)4/h10,13H,5-9H2,1-4H3. The van der Waals surface area contributed by atoms with Crippen molar-refractivity contribution in [3.63, 3.8) is 0 Å². The van der Waals surface area contributed by atoms with Crippen LogP contribution in [0.1, 0.15) is 38.1 Å². The molecule has 0 aliphatic heterocycles. The van der Waals surface area contributed by atoms with Gasteiger partial charge in [-0.3, -0.25) is 4.68 Å². The maximum absolute atomic E-state index is 13.0. The van der Waals surface area contributed by atoms with E-state index in [-0.39, 0.29) is 6.04 Å². The highest BCUT2D eigenvalue weighted by Gasteiger charge is 2.40. The number of hydrogen-bond donors (Lipinski definition) is 0. The molecule has 1 aromatic rings. The second-order valence-corrected chi connectivity index (χ2v) is 8.32. The third-order valence-corrected chi connectivity index (χ3v) is 6.02. The minimum absolute atomic E-state index is 0.160. The molecule has 7 heteroatoms. The van der Waals surface area contributed by atoms with Crippen LogP contribution in [-0.4, -0.2) is 41.0 Å². The molecule has 120 valence electrons. The highest BCUT2D eigenvalue weighted by molar-refractivity contribution is 7.89. The van der Waals surface area contributed by atoms with Crippen LogP contribution in [0, 0.1) is 19.8 Å². The summed E-state index contributed by atoms with van der Waals surface area (Å²) < 4.78 is 29.5. The fourth-order valence-corrected chi connectivity index (χ4v) is 5.02. The van der Waals surface area contributed by atoms with E-state index in [9.17, 15) is 8.42 Å². The summed E-state index contributed by atoms with van der Waals surface area (Å²) in [5, 5.41) is 4.33. The number of aromatic nitrogens is 2. The third kappa shape index (κ3) is 3.43. The van der Waals surface area contributed by atoms with Gasteiger partial charge >= 0.3 is 0 Å². The van der Waals surface area contributed by atoms with Crippen molar-refractivity contribution >= 4 is 21.6 Å². The van der Waals surface area contributed by atoms with Crippen LogP contribution in [0.25, 0.3) is 0 Å². The van der Waals surface area contributed by atoms with E-state index in [1.54, 1.807) is 22.8 Å². The average Bonchev–Trinajstić information content (AvgIpc) is 3.14. The first-order valence-corrected chi connectivity index (χ1v) is 9.38. The highest BCUT2D eigenvalue weighted by Crippen LogP contribution is 2.34. The zero-order chi connectivity index (χ0) is 15.8. The molecular weight excluding hydrogens is 310 g/mol. The number of nitrogens with zero attached hydrogens (tertiary/aromatic N) is 3. The first-order chi connectivity index (χ1) is 9.78. The minimum atomic E-state index is -3.48. The molecule has 5 nitrogen and oxygen atoms in total. The van der Waals surface area contributed by atoms with Gasteiger partial charge in [-0.1, -0.05) is 13.8 Å². The number of hydrogen-bond acceptors (Lipinski definition) is 3. The van der Waals surface area contributed by atoms with E-state index < -0.39 is 10.0 Å². The van der Waals surface area contributed by atoms with Crippen molar-refractivity contribution in [1.82, 2.24) is 14.1 Å². The second-order valence-electron chi connectivity index (χ2n) is 6.11. The van der Waals surface area contributed by atoms with Crippen LogP contribution >= 0.6 is 11.6 Å². The molecular formula is C14H24ClN3O2S. The van der Waals surface area contributed by atoms with Gasteiger partial charge in [0.05, 0.1) is 17.9 Å². The Morgan fingerprint density at radius 1 is 1.38 bits per heavy atom. The quantitative estimate of drug-likeness (QED) is 0.720. The molecule has 0 radical (unpaired) electrons. The van der Waals surface area contributed by atoms with Crippen molar-refractivity contribution in [3.05, 3.63) is 11.4 Å². The minimum Gasteiger partial charge on any atom is -0.267 e. The number of halogens is 1. The summed E-state index contributed by atoms with van der Waals surface area (Å²) in [6.45, 7) is 8.73. The fraction of sp³-hybridized carbons (Fsp3) is 0.786. The lowest BCUT2D eigenvalue weighted by Crippen LogP contribution is -2.36. The monoisotopic (exact) mass is 333 g/mol. The van der Waals surface area contributed by atoms with Crippen molar-refractivity contribution in [2.45, 2.75) is 58.0 Å². The Balaban J connectivity index is 2.42. The van der Waals surface area contributed by atoms with Gasteiger partial charge in [0, 0.05) is 18.5 Å². The Labute approximate surface area is 132 Å². The van der Waals surface area contributed by atoms with Gasteiger partial charge < -0.3 is 0 Å². The van der Waals surface area contributed by atoms with Gasteiger partial charge in [0.25, 0.3) is 0 Å². The molecule has 1 heterocycles. The van der Waals surface area contributed by atoms with Gasteiger partial charge in [-0.05, 0) is 32.6 Å². The fourth-order valence-electron chi connectivity index (χ4n) is 2.63. The predicted octanol–water partition coefficient (Wildman–Crippen LogP) is 2.55. The molecule has 1 fully saturated rings. The molecule has 0 spiro atoms. The Bertz CT molecular complexity index is 606. The maximum Gasteiger partial charge on any atom is 0.247 e. The van der Waals surface area contributed by atoms with Crippen molar-refractivity contribution in [3.8, 4) is 0 Å². The molecule has 0 saturated heterocycles. The van der Waals surface area contributed by atoms with Crippen molar-refractivity contribution in [2.75, 3.05) is 12.4 Å². The van der Waals surface area contributed by atoms with Gasteiger partial charge in [0.15, 0.2) is 0 Å². The van der Waals surface area contributed by atoms with Crippen LogP contribution in [0.4, 0.5) is 0 Å². The van der Waals surface area contributed by atoms with Crippen LogP contribution in [-0.2, 0) is 16.6 Å². The van der Waals surface area contributed by atoms with Crippen LogP contribution in [0.2, 0.25) is 0 Å². The summed E-state index contributed by atoms with van der Waals surface area (Å²) in [5.41, 5.74) is 1.24. The van der Waals surface area contributed by atoms with Crippen LogP contribution in [0.5, 0.6) is 0 Å². The molecule has 0 N–H and O–H groups in total. The predicted molar refractivity (Wildman–Crippen MR) is 84.2 cm³/mol. The molecule has 21 heavy (non-hydrogen) atoms. The van der Waals surface area contributed by atoms with E-state index in [1.165, 1.54) is 0 Å². The summed E-state index contributed by atoms with van der Waals surface area (Å²) in [6, 6.07) is 0.160. The summed E-state index contributed by atoms with van der Waals surface area (Å²) in [5.74, 6) is 0.721. The van der Waals surface area contributed by atoms with E-state index in [1.807, 2.05) is 13.8 Å². The Hall–Kier alpha value is -0.590. The van der Waals surface area contributed by atoms with Crippen molar-refractivity contribution in [2.24, 2.45) is 5.92 Å². The molecule has 1 saturated carbocycles. The lowest BCUT2D eigenvalue weighted by Gasteiger charge is -2.24. The number of sulfonamides is 1. The third-order valence-electron chi connectivity index (χ3n) is 3.68. The van der Waals surface area contributed by atoms with Crippen molar-refractivity contribution in [1.29, 1.82) is 0 Å². The molecule has 0 amide bonds. The lowest BCUT2D eigenvalue weighted by atomic mass is 10.2. The number of rotatable bonds is 7. The summed E-state index contributed by atoms with van der Waals surface area (Å²) in [4.78, 5) is 0.361. The van der Waals surface area contributed by atoms with E-state index in [4.69, 9.17) is 11.6 Å². The van der Waals surface area contributed by atoms with Gasteiger partial charge in [-0.25, -0.2) is 8.42 Å². The first-order valence-electron chi connectivity index (χ1n) is 7.40. The molecule has 0 atom stereocenters. The van der Waals surface area contributed by atoms with Gasteiger partial charge in [0.2, 0.25) is 10.0 Å². The lowest BCUT2D eigenvalue weighted by molar-refractivity contribution is 0.359. The first kappa shape index (κ1) is 16.8. The molecule has 2 rings (SSSR count). The number of alkyl halides is 1. The Morgan fingerprint density at radius 3 is 2.48 bits per heavy atom. The summed E-state index contributed by atoms with van der Waals surface area (Å²) in [6.07, 6.45) is 1.92. The normalized spacial score (nSPS) is 16.1. The SMILES string of the molecule is Cc1nn(CCCl)c(C)c1S(=O)(=O)N(CC(C)C)C1CC1. The second kappa shape index (κ2) is 6.26. The van der Waals surface area contributed by atoms with E-state index in [0.717, 1.165) is 12.8 Å². The molecule has 1 aromatic heterocycles. The maximum atomic E-state index is 13.0.